The highest BCUT2D eigenvalue weighted by atomic mass is 16.5. The molecule has 27 heavy (non-hydrogen) atoms. The highest BCUT2D eigenvalue weighted by Crippen LogP contribution is 2.41. The van der Waals surface area contributed by atoms with Crippen LogP contribution in [0.25, 0.3) is 0 Å². The van der Waals surface area contributed by atoms with Crippen LogP contribution in [-0.4, -0.2) is 28.9 Å². The second kappa shape index (κ2) is 7.85. The van der Waals surface area contributed by atoms with Gasteiger partial charge in [0.05, 0.1) is 11.7 Å². The second-order valence-electron chi connectivity index (χ2n) is 8.24. The minimum Gasteiger partial charge on any atom is -0.490 e. The van der Waals surface area contributed by atoms with Crippen LogP contribution in [0, 0.1) is 5.92 Å². The molecule has 2 aliphatic rings. The summed E-state index contributed by atoms with van der Waals surface area (Å²) in [5, 5.41) is 0. The van der Waals surface area contributed by atoms with Gasteiger partial charge in [0.1, 0.15) is 5.75 Å². The first kappa shape index (κ1) is 18.2. The van der Waals surface area contributed by atoms with E-state index in [1.807, 2.05) is 38.1 Å². The number of Topliss-reactive ketones (excluding diaryl/α,β-unsaturated/α-hetero) is 1. The molecule has 3 nitrogen and oxygen atoms in total. The van der Waals surface area contributed by atoms with Crippen molar-refractivity contribution in [1.82, 2.24) is 4.90 Å². The van der Waals surface area contributed by atoms with Crippen LogP contribution < -0.4 is 4.74 Å². The van der Waals surface area contributed by atoms with Crippen LogP contribution in [0.5, 0.6) is 5.75 Å². The van der Waals surface area contributed by atoms with E-state index >= 15 is 0 Å². The van der Waals surface area contributed by atoms with Crippen LogP contribution in [0.4, 0.5) is 0 Å². The summed E-state index contributed by atoms with van der Waals surface area (Å²) in [5.41, 5.74) is 2.13. The number of piperidine rings is 1. The normalized spacial score (nSPS) is 24.9. The Labute approximate surface area is 162 Å². The van der Waals surface area contributed by atoms with Gasteiger partial charge in [-0.3, -0.25) is 9.69 Å². The summed E-state index contributed by atoms with van der Waals surface area (Å²) in [6, 6.07) is 19.5. The quantitative estimate of drug-likeness (QED) is 0.669. The fourth-order valence-electron chi connectivity index (χ4n) is 4.79. The van der Waals surface area contributed by atoms with Gasteiger partial charge in [-0.1, -0.05) is 42.5 Å². The van der Waals surface area contributed by atoms with Gasteiger partial charge in [0.15, 0.2) is 5.78 Å². The lowest BCUT2D eigenvalue weighted by Gasteiger charge is -2.38. The van der Waals surface area contributed by atoms with Crippen molar-refractivity contribution in [2.24, 2.45) is 5.92 Å². The number of benzene rings is 2. The average molecular weight is 364 g/mol. The van der Waals surface area contributed by atoms with Crippen LogP contribution in [0.2, 0.25) is 0 Å². The summed E-state index contributed by atoms with van der Waals surface area (Å²) < 4.78 is 5.90. The highest BCUT2D eigenvalue weighted by Gasteiger charge is 2.43. The molecule has 2 saturated heterocycles. The molecule has 2 bridgehead atoms. The summed E-state index contributed by atoms with van der Waals surface area (Å²) in [7, 11) is 0. The van der Waals surface area contributed by atoms with Crippen molar-refractivity contribution in [3.63, 3.8) is 0 Å². The van der Waals surface area contributed by atoms with E-state index in [1.54, 1.807) is 0 Å². The molecule has 0 saturated carbocycles. The van der Waals surface area contributed by atoms with Gasteiger partial charge in [-0.05, 0) is 57.2 Å². The third-order valence-corrected chi connectivity index (χ3v) is 5.98. The maximum absolute atomic E-state index is 13.3. The minimum atomic E-state index is 0.0721. The van der Waals surface area contributed by atoms with E-state index in [9.17, 15) is 4.79 Å². The van der Waals surface area contributed by atoms with Crippen molar-refractivity contribution in [2.45, 2.75) is 64.3 Å². The SMILES string of the molecule is CC(C)Oc1ccccc1C(=O)C1CC2CCC(C1)N2Cc1ccccc1. The van der Waals surface area contributed by atoms with Gasteiger partial charge < -0.3 is 4.74 Å². The zero-order valence-electron chi connectivity index (χ0n) is 16.3. The molecule has 142 valence electrons. The zero-order valence-corrected chi connectivity index (χ0v) is 16.3. The molecule has 2 heterocycles. The van der Waals surface area contributed by atoms with Crippen LogP contribution >= 0.6 is 0 Å². The van der Waals surface area contributed by atoms with E-state index in [2.05, 4.69) is 35.2 Å². The molecule has 2 aromatic rings. The first-order valence-electron chi connectivity index (χ1n) is 10.2. The van der Waals surface area contributed by atoms with Crippen LogP contribution in [-0.2, 0) is 6.54 Å². The number of para-hydroxylation sites is 1. The Balaban J connectivity index is 1.48. The molecule has 0 aliphatic carbocycles. The fourth-order valence-corrected chi connectivity index (χ4v) is 4.79. The second-order valence-corrected chi connectivity index (χ2v) is 8.24. The first-order valence-corrected chi connectivity index (χ1v) is 10.2. The Kier molecular flexibility index (Phi) is 5.31. The molecule has 0 aromatic heterocycles. The van der Waals surface area contributed by atoms with Gasteiger partial charge in [-0.2, -0.15) is 0 Å². The predicted molar refractivity (Wildman–Crippen MR) is 108 cm³/mol. The molecule has 0 amide bonds. The minimum absolute atomic E-state index is 0.0721. The number of hydrogen-bond donors (Lipinski definition) is 0. The molecule has 3 heteroatoms. The number of hydrogen-bond acceptors (Lipinski definition) is 3. The van der Waals surface area contributed by atoms with E-state index in [0.29, 0.717) is 12.1 Å². The predicted octanol–water partition coefficient (Wildman–Crippen LogP) is 5.10. The Morgan fingerprint density at radius 2 is 1.63 bits per heavy atom. The third kappa shape index (κ3) is 3.93. The maximum atomic E-state index is 13.3. The molecular formula is C24H29NO2. The van der Waals surface area contributed by atoms with Gasteiger partial charge in [-0.15, -0.1) is 0 Å². The van der Waals surface area contributed by atoms with Gasteiger partial charge in [0, 0.05) is 24.5 Å². The number of fused-ring (bicyclic) bond motifs is 2. The van der Waals surface area contributed by atoms with E-state index in [4.69, 9.17) is 4.74 Å². The molecule has 4 rings (SSSR count). The topological polar surface area (TPSA) is 29.5 Å². The molecular weight excluding hydrogens is 334 g/mol. The Morgan fingerprint density at radius 3 is 2.30 bits per heavy atom. The average Bonchev–Trinajstić information content (AvgIpc) is 2.90. The zero-order chi connectivity index (χ0) is 18.8. The number of rotatable bonds is 6. The van der Waals surface area contributed by atoms with Crippen molar-refractivity contribution < 1.29 is 9.53 Å². The summed E-state index contributed by atoms with van der Waals surface area (Å²) in [6.07, 6.45) is 4.44. The Hall–Kier alpha value is -2.13. The lowest BCUT2D eigenvalue weighted by Crippen LogP contribution is -2.44. The smallest absolute Gasteiger partial charge is 0.169 e. The van der Waals surface area contributed by atoms with Crippen molar-refractivity contribution in [2.75, 3.05) is 0 Å². The van der Waals surface area contributed by atoms with Crippen molar-refractivity contribution >= 4 is 5.78 Å². The summed E-state index contributed by atoms with van der Waals surface area (Å²) in [5.74, 6) is 1.12. The molecule has 0 radical (unpaired) electrons. The number of ketones is 1. The summed E-state index contributed by atoms with van der Waals surface area (Å²) >= 11 is 0. The number of carbonyl (C=O) groups excluding carboxylic acids is 1. The monoisotopic (exact) mass is 363 g/mol. The van der Waals surface area contributed by atoms with Crippen molar-refractivity contribution in [3.05, 3.63) is 65.7 Å². The van der Waals surface area contributed by atoms with Crippen LogP contribution in [0.15, 0.2) is 54.6 Å². The molecule has 2 unspecified atom stereocenters. The largest absolute Gasteiger partial charge is 0.490 e. The standard InChI is InChI=1S/C24H29NO2/c1-17(2)27-23-11-7-6-10-22(23)24(26)19-14-20-12-13-21(15-19)25(20)16-18-8-4-3-5-9-18/h3-11,17,19-21H,12-16H2,1-2H3. The maximum Gasteiger partial charge on any atom is 0.169 e. The molecule has 2 atom stereocenters. The van der Waals surface area contributed by atoms with E-state index in [1.165, 1.54) is 18.4 Å². The van der Waals surface area contributed by atoms with Crippen molar-refractivity contribution in [3.8, 4) is 5.75 Å². The number of carbonyl (C=O) groups is 1. The highest BCUT2D eigenvalue weighted by molar-refractivity contribution is 6.00. The lowest BCUT2D eigenvalue weighted by molar-refractivity contribution is 0.0674. The van der Waals surface area contributed by atoms with Gasteiger partial charge in [0.25, 0.3) is 0 Å². The van der Waals surface area contributed by atoms with E-state index in [-0.39, 0.29) is 17.8 Å². The van der Waals surface area contributed by atoms with Crippen LogP contribution in [0.1, 0.15) is 55.5 Å². The number of nitrogens with zero attached hydrogens (tertiary/aromatic N) is 1. The Bertz CT molecular complexity index is 772. The van der Waals surface area contributed by atoms with Crippen LogP contribution in [0.3, 0.4) is 0 Å². The van der Waals surface area contributed by atoms with Crippen molar-refractivity contribution in [1.29, 1.82) is 0 Å². The number of ether oxygens (including phenoxy) is 1. The molecule has 0 N–H and O–H groups in total. The lowest BCUT2D eigenvalue weighted by atomic mass is 9.84. The van der Waals surface area contributed by atoms with Gasteiger partial charge >= 0.3 is 0 Å². The Morgan fingerprint density at radius 1 is 1.00 bits per heavy atom. The molecule has 2 aromatic carbocycles. The van der Waals surface area contributed by atoms with Gasteiger partial charge in [0.2, 0.25) is 0 Å². The molecule has 2 fully saturated rings. The summed E-state index contributed by atoms with van der Waals surface area (Å²) in [6.45, 7) is 5.01. The fraction of sp³-hybridized carbons (Fsp3) is 0.458. The van der Waals surface area contributed by atoms with E-state index < -0.39 is 0 Å². The van der Waals surface area contributed by atoms with E-state index in [0.717, 1.165) is 30.7 Å². The molecule has 2 aliphatic heterocycles. The first-order chi connectivity index (χ1) is 13.1. The van der Waals surface area contributed by atoms with Gasteiger partial charge in [-0.25, -0.2) is 0 Å². The third-order valence-electron chi connectivity index (χ3n) is 5.98. The molecule has 0 spiro atoms. The summed E-state index contributed by atoms with van der Waals surface area (Å²) in [4.78, 5) is 15.9.